The van der Waals surface area contributed by atoms with Crippen molar-refractivity contribution in [3.63, 3.8) is 0 Å². The van der Waals surface area contributed by atoms with Gasteiger partial charge in [-0.2, -0.15) is 0 Å². The van der Waals surface area contributed by atoms with Crippen molar-refractivity contribution >= 4 is 17.8 Å². The van der Waals surface area contributed by atoms with Crippen LogP contribution < -0.4 is 0 Å². The maximum absolute atomic E-state index is 13.3. The fourth-order valence-corrected chi connectivity index (χ4v) is 3.11. The molecule has 2 aromatic carbocycles. The number of likely N-dealkylation sites (N-methyl/N-ethyl adjacent to an activating group) is 1. The molecule has 0 saturated carbocycles. The van der Waals surface area contributed by atoms with Crippen LogP contribution in [0.15, 0.2) is 54.6 Å². The third-order valence-corrected chi connectivity index (χ3v) is 5.13. The number of benzene rings is 2. The van der Waals surface area contributed by atoms with Crippen molar-refractivity contribution in [2.45, 2.75) is 58.8 Å². The Hall–Kier alpha value is -3.22. The zero-order valence-electron chi connectivity index (χ0n) is 19.8. The summed E-state index contributed by atoms with van der Waals surface area (Å²) in [4.78, 5) is 39.4. The van der Waals surface area contributed by atoms with Crippen LogP contribution in [0.3, 0.4) is 0 Å². The second kappa shape index (κ2) is 11.6. The Bertz CT molecular complexity index is 937. The highest BCUT2D eigenvalue weighted by molar-refractivity contribution is 5.90. The summed E-state index contributed by atoms with van der Waals surface area (Å²) in [5.41, 5.74) is 0.843. The van der Waals surface area contributed by atoms with Gasteiger partial charge in [0.1, 0.15) is 18.0 Å². The SMILES string of the molecule is C[C@H](C(=O)C[C@H](Cc1ccc(F)cc1)C(=O)OCc1ccccc1)N(C)C(=O)OC(C)(C)C. The summed E-state index contributed by atoms with van der Waals surface area (Å²) in [6.45, 7) is 6.91. The maximum atomic E-state index is 13.3. The molecular formula is C26H32FNO5. The van der Waals surface area contributed by atoms with Gasteiger partial charge in [0.05, 0.1) is 12.0 Å². The van der Waals surface area contributed by atoms with E-state index >= 15 is 0 Å². The average Bonchev–Trinajstić information content (AvgIpc) is 2.76. The summed E-state index contributed by atoms with van der Waals surface area (Å²) >= 11 is 0. The number of amides is 1. The molecule has 0 fully saturated rings. The fraction of sp³-hybridized carbons (Fsp3) is 0.423. The van der Waals surface area contributed by atoms with Crippen LogP contribution in [0, 0.1) is 11.7 Å². The molecule has 0 aliphatic carbocycles. The number of hydrogen-bond acceptors (Lipinski definition) is 5. The van der Waals surface area contributed by atoms with Crippen LogP contribution in [-0.2, 0) is 32.1 Å². The maximum Gasteiger partial charge on any atom is 0.410 e. The van der Waals surface area contributed by atoms with Gasteiger partial charge < -0.3 is 14.4 Å². The number of hydrogen-bond donors (Lipinski definition) is 0. The Morgan fingerprint density at radius 1 is 0.970 bits per heavy atom. The molecule has 2 rings (SSSR count). The van der Waals surface area contributed by atoms with Crippen LogP contribution in [-0.4, -0.2) is 41.4 Å². The number of carbonyl (C=O) groups excluding carboxylic acids is 3. The average molecular weight is 458 g/mol. The molecule has 0 unspecified atom stereocenters. The van der Waals surface area contributed by atoms with Crippen LogP contribution in [0.5, 0.6) is 0 Å². The van der Waals surface area contributed by atoms with Gasteiger partial charge in [-0.3, -0.25) is 9.59 Å². The number of Topliss-reactive ketones (excluding diaryl/α,β-unsaturated/α-hetero) is 1. The molecular weight excluding hydrogens is 425 g/mol. The monoisotopic (exact) mass is 457 g/mol. The minimum atomic E-state index is -0.794. The third kappa shape index (κ3) is 8.67. The van der Waals surface area contributed by atoms with E-state index in [4.69, 9.17) is 9.47 Å². The highest BCUT2D eigenvalue weighted by atomic mass is 19.1. The molecule has 0 aliphatic heterocycles. The van der Waals surface area contributed by atoms with E-state index in [1.807, 2.05) is 30.3 Å². The number of esters is 1. The normalized spacial score (nSPS) is 13.0. The van der Waals surface area contributed by atoms with Gasteiger partial charge in [-0.05, 0) is 57.4 Å². The molecule has 0 N–H and O–H groups in total. The Morgan fingerprint density at radius 3 is 2.15 bits per heavy atom. The quantitative estimate of drug-likeness (QED) is 0.499. The van der Waals surface area contributed by atoms with Crippen LogP contribution in [0.2, 0.25) is 0 Å². The van der Waals surface area contributed by atoms with E-state index in [-0.39, 0.29) is 31.0 Å². The predicted molar refractivity (Wildman–Crippen MR) is 123 cm³/mol. The molecule has 33 heavy (non-hydrogen) atoms. The second-order valence-corrected chi connectivity index (χ2v) is 9.06. The number of carbonyl (C=O) groups is 3. The van der Waals surface area contributed by atoms with Crippen molar-refractivity contribution in [1.29, 1.82) is 0 Å². The first kappa shape index (κ1) is 26.0. The van der Waals surface area contributed by atoms with Crippen molar-refractivity contribution in [2.24, 2.45) is 5.92 Å². The summed E-state index contributed by atoms with van der Waals surface area (Å²) in [5.74, 6) is -1.98. The lowest BCUT2D eigenvalue weighted by Gasteiger charge is -2.28. The lowest BCUT2D eigenvalue weighted by atomic mass is 9.92. The minimum Gasteiger partial charge on any atom is -0.461 e. The predicted octanol–water partition coefficient (Wildman–Crippen LogP) is 4.94. The number of halogens is 1. The zero-order valence-corrected chi connectivity index (χ0v) is 19.8. The summed E-state index contributed by atoms with van der Waals surface area (Å²) in [6.07, 6.45) is -0.535. The molecule has 0 spiro atoms. The molecule has 0 saturated heterocycles. The summed E-state index contributed by atoms with van der Waals surface area (Å²) in [6, 6.07) is 14.2. The molecule has 0 heterocycles. The summed E-state index contributed by atoms with van der Waals surface area (Å²) in [7, 11) is 1.49. The van der Waals surface area contributed by atoms with Crippen LogP contribution in [0.4, 0.5) is 9.18 Å². The van der Waals surface area contributed by atoms with Gasteiger partial charge in [0, 0.05) is 13.5 Å². The largest absolute Gasteiger partial charge is 0.461 e. The van der Waals surface area contributed by atoms with Crippen LogP contribution in [0.1, 0.15) is 45.2 Å². The van der Waals surface area contributed by atoms with E-state index in [1.54, 1.807) is 39.8 Å². The van der Waals surface area contributed by atoms with E-state index in [1.165, 1.54) is 24.1 Å². The molecule has 178 valence electrons. The number of nitrogens with zero attached hydrogens (tertiary/aromatic N) is 1. The van der Waals surface area contributed by atoms with Gasteiger partial charge >= 0.3 is 12.1 Å². The molecule has 7 heteroatoms. The molecule has 6 nitrogen and oxygen atoms in total. The number of rotatable bonds is 9. The standard InChI is InChI=1S/C26H32FNO5/c1-18(28(5)25(31)33-26(2,3)4)23(29)16-21(15-19-11-13-22(27)14-12-19)24(30)32-17-20-9-7-6-8-10-20/h6-14,18,21H,15-17H2,1-5H3/t18-,21+/m1/s1. The molecule has 2 atom stereocenters. The topological polar surface area (TPSA) is 72.9 Å². The van der Waals surface area contributed by atoms with Gasteiger partial charge in [-0.15, -0.1) is 0 Å². The highest BCUT2D eigenvalue weighted by Crippen LogP contribution is 2.19. The van der Waals surface area contributed by atoms with Crippen molar-refractivity contribution in [3.8, 4) is 0 Å². The lowest BCUT2D eigenvalue weighted by Crippen LogP contribution is -2.44. The summed E-state index contributed by atoms with van der Waals surface area (Å²) < 4.78 is 24.1. The van der Waals surface area contributed by atoms with Crippen molar-refractivity contribution in [1.82, 2.24) is 4.90 Å². The molecule has 2 aromatic rings. The van der Waals surface area contributed by atoms with Crippen molar-refractivity contribution in [2.75, 3.05) is 7.05 Å². The van der Waals surface area contributed by atoms with Crippen LogP contribution >= 0.6 is 0 Å². The third-order valence-electron chi connectivity index (χ3n) is 5.13. The first-order chi connectivity index (χ1) is 15.5. The van der Waals surface area contributed by atoms with E-state index in [2.05, 4.69) is 0 Å². The Balaban J connectivity index is 2.10. The van der Waals surface area contributed by atoms with E-state index in [0.717, 1.165) is 5.56 Å². The molecule has 1 amide bonds. The number of ether oxygens (including phenoxy) is 2. The molecule has 0 aromatic heterocycles. The van der Waals surface area contributed by atoms with Gasteiger partial charge in [-0.25, -0.2) is 9.18 Å². The van der Waals surface area contributed by atoms with Gasteiger partial charge in [0.2, 0.25) is 0 Å². The molecule has 0 bridgehead atoms. The van der Waals surface area contributed by atoms with Gasteiger partial charge in [0.25, 0.3) is 0 Å². The number of ketones is 1. The molecule has 0 radical (unpaired) electrons. The van der Waals surface area contributed by atoms with Crippen molar-refractivity contribution < 1.29 is 28.2 Å². The first-order valence-corrected chi connectivity index (χ1v) is 10.9. The second-order valence-electron chi connectivity index (χ2n) is 9.06. The Morgan fingerprint density at radius 2 is 1.58 bits per heavy atom. The zero-order chi connectivity index (χ0) is 24.6. The summed E-state index contributed by atoms with van der Waals surface area (Å²) in [5, 5.41) is 0. The van der Waals surface area contributed by atoms with E-state index in [9.17, 15) is 18.8 Å². The van der Waals surface area contributed by atoms with Crippen LogP contribution in [0.25, 0.3) is 0 Å². The highest BCUT2D eigenvalue weighted by Gasteiger charge is 2.31. The van der Waals surface area contributed by atoms with E-state index in [0.29, 0.717) is 5.56 Å². The lowest BCUT2D eigenvalue weighted by molar-refractivity contribution is -0.151. The smallest absolute Gasteiger partial charge is 0.410 e. The molecule has 0 aliphatic rings. The fourth-order valence-electron chi connectivity index (χ4n) is 3.11. The van der Waals surface area contributed by atoms with Crippen molar-refractivity contribution in [3.05, 3.63) is 71.5 Å². The minimum absolute atomic E-state index is 0.0845. The Kier molecular flexibility index (Phi) is 9.14. The Labute approximate surface area is 194 Å². The first-order valence-electron chi connectivity index (χ1n) is 10.9. The van der Waals surface area contributed by atoms with E-state index < -0.39 is 29.6 Å². The van der Waals surface area contributed by atoms with Gasteiger partial charge in [0.15, 0.2) is 5.78 Å². The van der Waals surface area contributed by atoms with Gasteiger partial charge in [-0.1, -0.05) is 42.5 Å².